The zero-order chi connectivity index (χ0) is 26.1. The van der Waals surface area contributed by atoms with Crippen molar-refractivity contribution in [1.29, 1.82) is 0 Å². The Balaban J connectivity index is 1.37. The standard InChI is InChI=1S/C28H23N5O3S2/c1-36-24-16-6-5-9-20(24)17-30-33-18-29-31-28(33)37-27-23-15-8-11-19-10-7-14-22(25(19)23)26(27)32-38(34,35)21-12-3-2-4-13-21/h2-18,26-27,32H,1H3/b30-17-/t26-,27-/m0/s1. The molecule has 5 aromatic rings. The predicted octanol–water partition coefficient (Wildman–Crippen LogP) is 5.19. The van der Waals surface area contributed by atoms with Crippen LogP contribution >= 0.6 is 11.8 Å². The average Bonchev–Trinajstić information content (AvgIpc) is 3.52. The second-order valence-electron chi connectivity index (χ2n) is 8.69. The summed E-state index contributed by atoms with van der Waals surface area (Å²) >= 11 is 1.42. The van der Waals surface area contributed by atoms with E-state index in [2.05, 4.69) is 20.0 Å². The molecule has 8 nitrogen and oxygen atoms in total. The molecule has 1 aliphatic rings. The molecule has 0 spiro atoms. The number of sulfonamides is 1. The van der Waals surface area contributed by atoms with Crippen molar-refractivity contribution in [1.82, 2.24) is 19.6 Å². The molecule has 0 aliphatic heterocycles. The van der Waals surface area contributed by atoms with Gasteiger partial charge in [0, 0.05) is 5.56 Å². The first-order valence-electron chi connectivity index (χ1n) is 11.9. The highest BCUT2D eigenvalue weighted by Crippen LogP contribution is 2.53. The van der Waals surface area contributed by atoms with Gasteiger partial charge in [0.1, 0.15) is 12.1 Å². The number of para-hydroxylation sites is 1. The van der Waals surface area contributed by atoms with Gasteiger partial charge in [0.25, 0.3) is 0 Å². The number of methoxy groups -OCH3 is 1. The van der Waals surface area contributed by atoms with Crippen molar-refractivity contribution < 1.29 is 13.2 Å². The number of ether oxygens (including phenoxy) is 1. The van der Waals surface area contributed by atoms with E-state index < -0.39 is 16.1 Å². The highest BCUT2D eigenvalue weighted by Gasteiger charge is 2.38. The van der Waals surface area contributed by atoms with E-state index in [0.717, 1.165) is 27.5 Å². The molecule has 0 unspecified atom stereocenters. The van der Waals surface area contributed by atoms with Gasteiger partial charge in [-0.3, -0.25) is 0 Å². The van der Waals surface area contributed by atoms with E-state index in [-0.39, 0.29) is 10.1 Å². The van der Waals surface area contributed by atoms with Crippen molar-refractivity contribution >= 4 is 38.8 Å². The van der Waals surface area contributed by atoms with Crippen molar-refractivity contribution in [3.8, 4) is 5.75 Å². The molecule has 190 valence electrons. The molecule has 6 rings (SSSR count). The maximum Gasteiger partial charge on any atom is 0.241 e. The summed E-state index contributed by atoms with van der Waals surface area (Å²) in [5.74, 6) is 0.701. The van der Waals surface area contributed by atoms with Crippen LogP contribution in [0.25, 0.3) is 10.8 Å². The first-order chi connectivity index (χ1) is 18.5. The van der Waals surface area contributed by atoms with Crippen molar-refractivity contribution in [2.24, 2.45) is 5.10 Å². The number of nitrogens with zero attached hydrogens (tertiary/aromatic N) is 4. The van der Waals surface area contributed by atoms with Crippen LogP contribution in [0.5, 0.6) is 5.75 Å². The molecule has 0 amide bonds. The maximum absolute atomic E-state index is 13.4. The highest BCUT2D eigenvalue weighted by molar-refractivity contribution is 7.99. The van der Waals surface area contributed by atoms with Crippen LogP contribution in [0.15, 0.2) is 112 Å². The molecule has 1 N–H and O–H groups in total. The van der Waals surface area contributed by atoms with Crippen LogP contribution in [-0.4, -0.2) is 36.6 Å². The number of hydrogen-bond donors (Lipinski definition) is 1. The number of hydrogen-bond acceptors (Lipinski definition) is 7. The van der Waals surface area contributed by atoms with Crippen molar-refractivity contribution in [3.05, 3.63) is 114 Å². The number of nitrogens with one attached hydrogen (secondary N) is 1. The van der Waals surface area contributed by atoms with Crippen LogP contribution in [0.3, 0.4) is 0 Å². The Labute approximate surface area is 224 Å². The lowest BCUT2D eigenvalue weighted by atomic mass is 10.1. The molecule has 38 heavy (non-hydrogen) atoms. The first kappa shape index (κ1) is 24.4. The van der Waals surface area contributed by atoms with Gasteiger partial charge in [0.15, 0.2) is 0 Å². The average molecular weight is 542 g/mol. The lowest BCUT2D eigenvalue weighted by Crippen LogP contribution is -2.30. The Morgan fingerprint density at radius 1 is 0.947 bits per heavy atom. The number of aromatic nitrogens is 3. The van der Waals surface area contributed by atoms with Gasteiger partial charge in [-0.25, -0.2) is 13.1 Å². The van der Waals surface area contributed by atoms with Gasteiger partial charge in [-0.05, 0) is 46.2 Å². The summed E-state index contributed by atoms with van der Waals surface area (Å²) in [4.78, 5) is 0.219. The van der Waals surface area contributed by atoms with Gasteiger partial charge in [0.2, 0.25) is 15.2 Å². The number of benzene rings is 4. The van der Waals surface area contributed by atoms with Gasteiger partial charge in [0.05, 0.1) is 29.5 Å². The minimum atomic E-state index is -3.78. The van der Waals surface area contributed by atoms with Crippen LogP contribution in [0.4, 0.5) is 0 Å². The normalized spacial score (nSPS) is 16.9. The fourth-order valence-electron chi connectivity index (χ4n) is 4.72. The van der Waals surface area contributed by atoms with Gasteiger partial charge < -0.3 is 4.74 Å². The van der Waals surface area contributed by atoms with Crippen LogP contribution in [0, 0.1) is 0 Å². The minimum absolute atomic E-state index is 0.219. The third kappa shape index (κ3) is 4.47. The summed E-state index contributed by atoms with van der Waals surface area (Å²) in [6.07, 6.45) is 3.21. The topological polar surface area (TPSA) is 98.5 Å². The summed E-state index contributed by atoms with van der Waals surface area (Å²) in [6, 6.07) is 27.5. The second kappa shape index (κ2) is 10.1. The molecule has 1 heterocycles. The molecule has 1 aliphatic carbocycles. The number of thioether (sulfide) groups is 1. The SMILES string of the molecule is COc1ccccc1/C=N\n1cnnc1S[C@H]1c2cccc3cccc(c23)[C@@H]1NS(=O)(=O)c1ccccc1. The van der Waals surface area contributed by atoms with E-state index in [9.17, 15) is 8.42 Å². The van der Waals surface area contributed by atoms with Crippen molar-refractivity contribution in [3.63, 3.8) is 0 Å². The maximum atomic E-state index is 13.4. The van der Waals surface area contributed by atoms with E-state index in [0.29, 0.717) is 10.9 Å². The zero-order valence-corrected chi connectivity index (χ0v) is 21.9. The summed E-state index contributed by atoms with van der Waals surface area (Å²) < 4.78 is 36.8. The lowest BCUT2D eigenvalue weighted by Gasteiger charge is -2.22. The molecule has 2 atom stereocenters. The van der Waals surface area contributed by atoms with Crippen LogP contribution in [-0.2, 0) is 10.0 Å². The fourth-order valence-corrected chi connectivity index (χ4v) is 7.25. The van der Waals surface area contributed by atoms with E-state index in [1.165, 1.54) is 18.1 Å². The molecule has 0 radical (unpaired) electrons. The molecule has 0 saturated carbocycles. The molecule has 0 bridgehead atoms. The Bertz CT molecular complexity index is 1750. The van der Waals surface area contributed by atoms with E-state index in [1.54, 1.807) is 48.3 Å². The molecule has 0 saturated heterocycles. The Kier molecular flexibility index (Phi) is 6.44. The Hall–Kier alpha value is -3.99. The van der Waals surface area contributed by atoms with E-state index in [4.69, 9.17) is 4.74 Å². The lowest BCUT2D eigenvalue weighted by molar-refractivity contribution is 0.414. The second-order valence-corrected chi connectivity index (χ2v) is 11.5. The van der Waals surface area contributed by atoms with Crippen molar-refractivity contribution in [2.45, 2.75) is 21.3 Å². The Morgan fingerprint density at radius 2 is 1.68 bits per heavy atom. The van der Waals surface area contributed by atoms with Crippen molar-refractivity contribution in [2.75, 3.05) is 7.11 Å². The summed E-state index contributed by atoms with van der Waals surface area (Å²) in [5, 5.41) is 15.3. The van der Waals surface area contributed by atoms with Crippen LogP contribution < -0.4 is 9.46 Å². The molecule has 0 fully saturated rings. The molecular formula is C28H23N5O3S2. The number of rotatable bonds is 8. The molecule has 4 aromatic carbocycles. The summed E-state index contributed by atoms with van der Waals surface area (Å²) in [5.41, 5.74) is 2.78. The van der Waals surface area contributed by atoms with Gasteiger partial charge in [-0.15, -0.1) is 10.2 Å². The fraction of sp³-hybridized carbons (Fsp3) is 0.107. The monoisotopic (exact) mass is 541 g/mol. The predicted molar refractivity (Wildman–Crippen MR) is 148 cm³/mol. The molecule has 10 heteroatoms. The van der Waals surface area contributed by atoms with E-state index in [1.807, 2.05) is 60.7 Å². The highest BCUT2D eigenvalue weighted by atomic mass is 32.2. The third-order valence-corrected chi connectivity index (χ3v) is 9.16. The Morgan fingerprint density at radius 3 is 2.47 bits per heavy atom. The van der Waals surface area contributed by atoms with Gasteiger partial charge >= 0.3 is 0 Å². The van der Waals surface area contributed by atoms with Crippen LogP contribution in [0.1, 0.15) is 28.0 Å². The zero-order valence-electron chi connectivity index (χ0n) is 20.3. The first-order valence-corrected chi connectivity index (χ1v) is 14.2. The summed E-state index contributed by atoms with van der Waals surface area (Å²) in [6.45, 7) is 0. The smallest absolute Gasteiger partial charge is 0.241 e. The van der Waals surface area contributed by atoms with Gasteiger partial charge in [-0.1, -0.05) is 78.5 Å². The molecular weight excluding hydrogens is 518 g/mol. The summed E-state index contributed by atoms with van der Waals surface area (Å²) in [7, 11) is -2.17. The van der Waals surface area contributed by atoms with Gasteiger partial charge in [-0.2, -0.15) is 9.78 Å². The minimum Gasteiger partial charge on any atom is -0.496 e. The van der Waals surface area contributed by atoms with E-state index >= 15 is 0 Å². The largest absolute Gasteiger partial charge is 0.496 e. The third-order valence-electron chi connectivity index (χ3n) is 6.44. The quantitative estimate of drug-likeness (QED) is 0.272. The molecule has 1 aromatic heterocycles. The van der Waals surface area contributed by atoms with Crippen LogP contribution in [0.2, 0.25) is 0 Å².